The fourth-order valence-corrected chi connectivity index (χ4v) is 4.43. The summed E-state index contributed by atoms with van der Waals surface area (Å²) in [4.78, 5) is 2.58. The fraction of sp³-hybridized carbons (Fsp3) is 0.500. The predicted octanol–water partition coefficient (Wildman–Crippen LogP) is 2.01. The zero-order valence-electron chi connectivity index (χ0n) is 17.3. The Hall–Kier alpha value is -2.71. The van der Waals surface area contributed by atoms with Crippen molar-refractivity contribution in [1.82, 2.24) is 20.4 Å². The van der Waals surface area contributed by atoms with Gasteiger partial charge in [-0.2, -0.15) is 0 Å². The number of hydrogen-bond acceptors (Lipinski definition) is 7. The van der Waals surface area contributed by atoms with Gasteiger partial charge in [0.15, 0.2) is 5.69 Å². The number of para-hydroxylation sites is 1. The SMILES string of the molecule is N=C(N)c1nnc(-c2ccccc2O)cc1NC1CCN(CC2CCNCC2)CC1. The van der Waals surface area contributed by atoms with Crippen LogP contribution in [0.1, 0.15) is 31.4 Å². The molecule has 160 valence electrons. The minimum absolute atomic E-state index is 0.114. The summed E-state index contributed by atoms with van der Waals surface area (Å²) >= 11 is 0. The van der Waals surface area contributed by atoms with E-state index in [0.29, 0.717) is 28.7 Å². The van der Waals surface area contributed by atoms with E-state index in [1.54, 1.807) is 18.2 Å². The average molecular weight is 410 g/mol. The first kappa shape index (κ1) is 20.6. The molecule has 6 N–H and O–H groups in total. The molecule has 8 heteroatoms. The molecule has 0 saturated carbocycles. The van der Waals surface area contributed by atoms with E-state index in [1.165, 1.54) is 19.4 Å². The molecule has 0 amide bonds. The number of nitrogens with two attached hydrogens (primary N) is 1. The number of likely N-dealkylation sites (tertiary alicyclic amines) is 1. The van der Waals surface area contributed by atoms with Gasteiger partial charge in [0.1, 0.15) is 11.6 Å². The number of nitrogen functional groups attached to an aromatic ring is 1. The monoisotopic (exact) mass is 409 g/mol. The smallest absolute Gasteiger partial charge is 0.150 e. The van der Waals surface area contributed by atoms with Gasteiger partial charge in [0, 0.05) is 31.2 Å². The zero-order chi connectivity index (χ0) is 20.9. The molecule has 1 aromatic heterocycles. The first-order valence-electron chi connectivity index (χ1n) is 10.8. The molecule has 0 unspecified atom stereocenters. The number of phenols is 1. The highest BCUT2D eigenvalue weighted by molar-refractivity contribution is 5.98. The highest BCUT2D eigenvalue weighted by Gasteiger charge is 2.24. The van der Waals surface area contributed by atoms with Gasteiger partial charge < -0.3 is 26.4 Å². The normalized spacial score (nSPS) is 18.9. The average Bonchev–Trinajstić information content (AvgIpc) is 2.76. The number of piperidine rings is 2. The summed E-state index contributed by atoms with van der Waals surface area (Å²) < 4.78 is 0. The Kier molecular flexibility index (Phi) is 6.44. The second kappa shape index (κ2) is 9.40. The van der Waals surface area contributed by atoms with Crippen molar-refractivity contribution < 1.29 is 5.11 Å². The summed E-state index contributed by atoms with van der Waals surface area (Å²) in [6.07, 6.45) is 4.63. The van der Waals surface area contributed by atoms with Crippen LogP contribution in [-0.2, 0) is 0 Å². The first-order valence-corrected chi connectivity index (χ1v) is 10.8. The Balaban J connectivity index is 1.43. The second-order valence-corrected chi connectivity index (χ2v) is 8.34. The summed E-state index contributed by atoms with van der Waals surface area (Å²) in [7, 11) is 0. The molecule has 1 aromatic carbocycles. The van der Waals surface area contributed by atoms with Crippen molar-refractivity contribution in [3.8, 4) is 17.0 Å². The zero-order valence-corrected chi connectivity index (χ0v) is 17.3. The van der Waals surface area contributed by atoms with Crippen LogP contribution in [0.3, 0.4) is 0 Å². The summed E-state index contributed by atoms with van der Waals surface area (Å²) in [6.45, 7) is 5.63. The molecule has 0 aliphatic carbocycles. The Morgan fingerprint density at radius 2 is 1.90 bits per heavy atom. The van der Waals surface area contributed by atoms with Crippen molar-refractivity contribution in [2.24, 2.45) is 11.7 Å². The van der Waals surface area contributed by atoms with Crippen LogP contribution < -0.4 is 16.4 Å². The largest absolute Gasteiger partial charge is 0.507 e. The molecule has 0 spiro atoms. The fourth-order valence-electron chi connectivity index (χ4n) is 4.43. The van der Waals surface area contributed by atoms with Gasteiger partial charge in [0.25, 0.3) is 0 Å². The quantitative estimate of drug-likeness (QED) is 0.365. The summed E-state index contributed by atoms with van der Waals surface area (Å²) in [5.41, 5.74) is 7.97. The molecule has 0 bridgehead atoms. The number of hydrogen-bond donors (Lipinski definition) is 5. The van der Waals surface area contributed by atoms with Gasteiger partial charge in [-0.05, 0) is 62.9 Å². The molecule has 2 fully saturated rings. The maximum absolute atomic E-state index is 10.2. The van der Waals surface area contributed by atoms with Crippen molar-refractivity contribution in [2.75, 3.05) is 38.0 Å². The van der Waals surface area contributed by atoms with Crippen LogP contribution in [-0.4, -0.2) is 64.8 Å². The summed E-state index contributed by atoms with van der Waals surface area (Å²) in [5, 5.41) is 33.3. The van der Waals surface area contributed by atoms with Gasteiger partial charge in [-0.25, -0.2) is 0 Å². The number of nitrogens with one attached hydrogen (secondary N) is 3. The number of benzene rings is 1. The van der Waals surface area contributed by atoms with E-state index in [4.69, 9.17) is 11.1 Å². The third-order valence-corrected chi connectivity index (χ3v) is 6.15. The van der Waals surface area contributed by atoms with E-state index >= 15 is 0 Å². The van der Waals surface area contributed by atoms with Crippen molar-refractivity contribution in [1.29, 1.82) is 5.41 Å². The Morgan fingerprint density at radius 1 is 1.17 bits per heavy atom. The number of phenolic OH excluding ortho intramolecular Hbond substituents is 1. The second-order valence-electron chi connectivity index (χ2n) is 8.34. The van der Waals surface area contributed by atoms with E-state index in [9.17, 15) is 5.11 Å². The van der Waals surface area contributed by atoms with Crippen LogP contribution in [0.4, 0.5) is 5.69 Å². The van der Waals surface area contributed by atoms with Gasteiger partial charge >= 0.3 is 0 Å². The summed E-state index contributed by atoms with van der Waals surface area (Å²) in [6, 6.07) is 9.18. The standard InChI is InChI=1S/C22H31N7O/c23-22(24)21-19(13-18(27-28-21)17-3-1-2-4-20(17)30)26-16-7-11-29(12-8-16)14-15-5-9-25-10-6-15/h1-4,13,15-16,25,30H,5-12,14H2,(H3,23,24)(H,26,27). The Morgan fingerprint density at radius 3 is 2.60 bits per heavy atom. The first-order chi connectivity index (χ1) is 14.6. The van der Waals surface area contributed by atoms with Crippen molar-refractivity contribution in [2.45, 2.75) is 31.7 Å². The molecule has 2 aliphatic heterocycles. The summed E-state index contributed by atoms with van der Waals surface area (Å²) in [5.74, 6) is 0.849. The number of anilines is 1. The van der Waals surface area contributed by atoms with Crippen LogP contribution >= 0.6 is 0 Å². The predicted molar refractivity (Wildman–Crippen MR) is 119 cm³/mol. The number of amidine groups is 1. The Bertz CT molecular complexity index is 874. The molecule has 2 aliphatic rings. The lowest BCUT2D eigenvalue weighted by molar-refractivity contribution is 0.171. The molecule has 4 rings (SSSR count). The molecular weight excluding hydrogens is 378 g/mol. The Labute approximate surface area is 177 Å². The highest BCUT2D eigenvalue weighted by atomic mass is 16.3. The number of aromatic hydroxyl groups is 1. The number of nitrogens with zero attached hydrogens (tertiary/aromatic N) is 3. The van der Waals surface area contributed by atoms with Crippen LogP contribution in [0.5, 0.6) is 5.75 Å². The van der Waals surface area contributed by atoms with Crippen LogP contribution in [0, 0.1) is 11.3 Å². The lowest BCUT2D eigenvalue weighted by atomic mass is 9.95. The van der Waals surface area contributed by atoms with Crippen LogP contribution in [0.15, 0.2) is 30.3 Å². The van der Waals surface area contributed by atoms with Gasteiger partial charge in [-0.3, -0.25) is 5.41 Å². The van der Waals surface area contributed by atoms with E-state index in [1.807, 2.05) is 12.1 Å². The number of rotatable bonds is 6. The molecular formula is C22H31N7O. The lowest BCUT2D eigenvalue weighted by Crippen LogP contribution is -2.43. The van der Waals surface area contributed by atoms with Crippen LogP contribution in [0.2, 0.25) is 0 Å². The molecule has 0 atom stereocenters. The maximum Gasteiger partial charge on any atom is 0.150 e. The van der Waals surface area contributed by atoms with E-state index in [2.05, 4.69) is 25.7 Å². The lowest BCUT2D eigenvalue weighted by Gasteiger charge is -2.36. The van der Waals surface area contributed by atoms with Gasteiger partial charge in [-0.15, -0.1) is 10.2 Å². The van der Waals surface area contributed by atoms with Crippen molar-refractivity contribution >= 4 is 11.5 Å². The van der Waals surface area contributed by atoms with Crippen molar-refractivity contribution in [3.63, 3.8) is 0 Å². The van der Waals surface area contributed by atoms with Gasteiger partial charge in [0.05, 0.1) is 11.4 Å². The van der Waals surface area contributed by atoms with E-state index in [0.717, 1.165) is 44.9 Å². The minimum atomic E-state index is -0.114. The highest BCUT2D eigenvalue weighted by Crippen LogP contribution is 2.30. The van der Waals surface area contributed by atoms with E-state index < -0.39 is 0 Å². The van der Waals surface area contributed by atoms with Gasteiger partial charge in [0.2, 0.25) is 0 Å². The number of aromatic nitrogens is 2. The third-order valence-electron chi connectivity index (χ3n) is 6.15. The molecule has 8 nitrogen and oxygen atoms in total. The molecule has 0 radical (unpaired) electrons. The maximum atomic E-state index is 10.2. The molecule has 2 saturated heterocycles. The molecule has 3 heterocycles. The van der Waals surface area contributed by atoms with Crippen molar-refractivity contribution in [3.05, 3.63) is 36.0 Å². The third kappa shape index (κ3) is 4.88. The molecule has 2 aromatic rings. The van der Waals surface area contributed by atoms with E-state index in [-0.39, 0.29) is 11.6 Å². The van der Waals surface area contributed by atoms with Gasteiger partial charge in [-0.1, -0.05) is 12.1 Å². The minimum Gasteiger partial charge on any atom is -0.507 e. The topological polar surface area (TPSA) is 123 Å². The van der Waals surface area contributed by atoms with Crippen LogP contribution in [0.25, 0.3) is 11.3 Å². The molecule has 30 heavy (non-hydrogen) atoms.